The van der Waals surface area contributed by atoms with Crippen LogP contribution in [0.5, 0.6) is 0 Å². The summed E-state index contributed by atoms with van der Waals surface area (Å²) in [5, 5.41) is 4.01. The summed E-state index contributed by atoms with van der Waals surface area (Å²) in [6.45, 7) is 1.54. The summed E-state index contributed by atoms with van der Waals surface area (Å²) in [5.74, 6) is -0.610. The number of carbonyl (C=O) groups excluding carboxylic acids is 1. The van der Waals surface area contributed by atoms with Gasteiger partial charge in [-0.1, -0.05) is 0 Å². The molecule has 0 N–H and O–H groups in total. The predicted octanol–water partition coefficient (Wildman–Crippen LogP) is 1.15. The standard InChI is InChI=1S/C13H17N3O4S2/c1-10-4-5-13(21-10)22(18,19)16(9-12(17)20-3)8-11-6-14-15(2)7-11/h4-7H,8-9H2,1-3H3. The van der Waals surface area contributed by atoms with Crippen LogP contribution in [0, 0.1) is 6.92 Å². The second kappa shape index (κ2) is 6.59. The molecule has 0 saturated heterocycles. The highest BCUT2D eigenvalue weighted by Crippen LogP contribution is 2.25. The maximum absolute atomic E-state index is 12.7. The van der Waals surface area contributed by atoms with Gasteiger partial charge in [-0.05, 0) is 19.1 Å². The Morgan fingerprint density at radius 2 is 2.18 bits per heavy atom. The summed E-state index contributed by atoms with van der Waals surface area (Å²) in [7, 11) is -0.790. The van der Waals surface area contributed by atoms with Gasteiger partial charge in [0.1, 0.15) is 10.8 Å². The average molecular weight is 343 g/mol. The minimum atomic E-state index is -3.76. The topological polar surface area (TPSA) is 81.5 Å². The molecular weight excluding hydrogens is 326 g/mol. The fourth-order valence-corrected chi connectivity index (χ4v) is 4.68. The van der Waals surface area contributed by atoms with E-state index in [-0.39, 0.29) is 17.3 Å². The van der Waals surface area contributed by atoms with Crippen molar-refractivity contribution in [1.29, 1.82) is 0 Å². The summed E-state index contributed by atoms with van der Waals surface area (Å²) < 4.78 is 32.9. The largest absolute Gasteiger partial charge is 0.468 e. The third kappa shape index (κ3) is 3.73. The van der Waals surface area contributed by atoms with E-state index in [1.54, 1.807) is 36.3 Å². The van der Waals surface area contributed by atoms with Crippen molar-refractivity contribution < 1.29 is 17.9 Å². The number of carbonyl (C=O) groups is 1. The maximum Gasteiger partial charge on any atom is 0.321 e. The van der Waals surface area contributed by atoms with Gasteiger partial charge in [-0.2, -0.15) is 9.40 Å². The Morgan fingerprint density at radius 3 is 2.68 bits per heavy atom. The van der Waals surface area contributed by atoms with Crippen molar-refractivity contribution in [2.24, 2.45) is 7.05 Å². The van der Waals surface area contributed by atoms with E-state index in [2.05, 4.69) is 9.84 Å². The normalized spacial score (nSPS) is 11.8. The molecule has 22 heavy (non-hydrogen) atoms. The first-order chi connectivity index (χ1) is 10.3. The van der Waals surface area contributed by atoms with E-state index < -0.39 is 16.0 Å². The summed E-state index contributed by atoms with van der Waals surface area (Å²) in [6.07, 6.45) is 3.28. The molecule has 0 spiro atoms. The van der Waals surface area contributed by atoms with Crippen LogP contribution >= 0.6 is 11.3 Å². The number of esters is 1. The number of aromatic nitrogens is 2. The van der Waals surface area contributed by atoms with Crippen LogP contribution in [0.3, 0.4) is 0 Å². The minimum Gasteiger partial charge on any atom is -0.468 e. The van der Waals surface area contributed by atoms with Crippen LogP contribution in [0.25, 0.3) is 0 Å². The molecule has 2 heterocycles. The van der Waals surface area contributed by atoms with Crippen molar-refractivity contribution in [3.8, 4) is 0 Å². The second-order valence-corrected chi connectivity index (χ2v) is 8.19. The van der Waals surface area contributed by atoms with E-state index in [9.17, 15) is 13.2 Å². The van der Waals surface area contributed by atoms with Gasteiger partial charge in [-0.15, -0.1) is 11.3 Å². The summed E-state index contributed by atoms with van der Waals surface area (Å²) in [4.78, 5) is 12.4. The third-order valence-corrected chi connectivity index (χ3v) is 6.22. The first-order valence-electron chi connectivity index (χ1n) is 6.44. The van der Waals surface area contributed by atoms with Crippen LogP contribution in [-0.2, 0) is 33.1 Å². The highest BCUT2D eigenvalue weighted by Gasteiger charge is 2.28. The number of hydrogen-bond donors (Lipinski definition) is 0. The lowest BCUT2D eigenvalue weighted by molar-refractivity contribution is -0.140. The molecular formula is C13H17N3O4S2. The van der Waals surface area contributed by atoms with Crippen LogP contribution < -0.4 is 0 Å². The number of sulfonamides is 1. The zero-order valence-electron chi connectivity index (χ0n) is 12.5. The molecule has 0 aliphatic rings. The Balaban J connectivity index is 2.32. The molecule has 0 unspecified atom stereocenters. The van der Waals surface area contributed by atoms with Crippen LogP contribution in [0.2, 0.25) is 0 Å². The molecule has 0 saturated carbocycles. The molecule has 2 rings (SSSR count). The van der Waals surface area contributed by atoms with Gasteiger partial charge in [-0.3, -0.25) is 9.48 Å². The fraction of sp³-hybridized carbons (Fsp3) is 0.385. The smallest absolute Gasteiger partial charge is 0.321 e. The Hall–Kier alpha value is -1.71. The first kappa shape index (κ1) is 16.7. The van der Waals surface area contributed by atoms with E-state index in [1.165, 1.54) is 18.4 Å². The zero-order valence-corrected chi connectivity index (χ0v) is 14.1. The number of aryl methyl sites for hydroxylation is 2. The quantitative estimate of drug-likeness (QED) is 0.735. The molecule has 0 aromatic carbocycles. The summed E-state index contributed by atoms with van der Waals surface area (Å²) in [6, 6.07) is 3.28. The molecule has 0 aliphatic carbocycles. The van der Waals surface area contributed by atoms with Gasteiger partial charge in [-0.25, -0.2) is 8.42 Å². The van der Waals surface area contributed by atoms with Gasteiger partial charge in [0.2, 0.25) is 0 Å². The lowest BCUT2D eigenvalue weighted by Crippen LogP contribution is -2.35. The number of nitrogens with zero attached hydrogens (tertiary/aromatic N) is 3. The van der Waals surface area contributed by atoms with E-state index in [1.807, 2.05) is 6.92 Å². The van der Waals surface area contributed by atoms with Gasteiger partial charge < -0.3 is 4.74 Å². The minimum absolute atomic E-state index is 0.0578. The lowest BCUT2D eigenvalue weighted by Gasteiger charge is -2.19. The molecule has 2 aromatic rings. The van der Waals surface area contributed by atoms with Crippen LogP contribution in [0.15, 0.2) is 28.7 Å². The second-order valence-electron chi connectivity index (χ2n) is 4.74. The van der Waals surface area contributed by atoms with E-state index in [0.29, 0.717) is 5.56 Å². The van der Waals surface area contributed by atoms with Crippen molar-refractivity contribution >= 4 is 27.3 Å². The fourth-order valence-electron chi connectivity index (χ4n) is 1.87. The van der Waals surface area contributed by atoms with Gasteiger partial charge in [0.15, 0.2) is 0 Å². The van der Waals surface area contributed by atoms with Crippen molar-refractivity contribution in [3.63, 3.8) is 0 Å². The average Bonchev–Trinajstić information content (AvgIpc) is 3.07. The molecule has 0 aliphatic heterocycles. The molecule has 0 atom stereocenters. The Bertz CT molecular complexity index is 764. The van der Waals surface area contributed by atoms with Crippen LogP contribution in [0.1, 0.15) is 10.4 Å². The van der Waals surface area contributed by atoms with Crippen LogP contribution in [0.4, 0.5) is 0 Å². The predicted molar refractivity (Wildman–Crippen MR) is 81.9 cm³/mol. The zero-order chi connectivity index (χ0) is 16.3. The first-order valence-corrected chi connectivity index (χ1v) is 8.69. The molecule has 0 amide bonds. The Kier molecular flexibility index (Phi) is 4.99. The molecule has 7 nitrogen and oxygen atoms in total. The number of ether oxygens (including phenoxy) is 1. The number of hydrogen-bond acceptors (Lipinski definition) is 6. The number of rotatable bonds is 6. The molecule has 120 valence electrons. The van der Waals surface area contributed by atoms with Gasteiger partial charge in [0.25, 0.3) is 10.0 Å². The molecule has 2 aromatic heterocycles. The van der Waals surface area contributed by atoms with Gasteiger partial charge in [0.05, 0.1) is 13.3 Å². The lowest BCUT2D eigenvalue weighted by atomic mass is 10.3. The summed E-state index contributed by atoms with van der Waals surface area (Å²) >= 11 is 1.17. The number of methoxy groups -OCH3 is 1. The van der Waals surface area contributed by atoms with E-state index >= 15 is 0 Å². The Morgan fingerprint density at radius 1 is 1.45 bits per heavy atom. The van der Waals surface area contributed by atoms with Crippen molar-refractivity contribution in [3.05, 3.63) is 35.0 Å². The van der Waals surface area contributed by atoms with Gasteiger partial charge >= 0.3 is 5.97 Å². The maximum atomic E-state index is 12.7. The SMILES string of the molecule is COC(=O)CN(Cc1cnn(C)c1)S(=O)(=O)c1ccc(C)s1. The molecule has 0 radical (unpaired) electrons. The van der Waals surface area contributed by atoms with Crippen molar-refractivity contribution in [2.45, 2.75) is 17.7 Å². The highest BCUT2D eigenvalue weighted by molar-refractivity contribution is 7.91. The molecule has 0 bridgehead atoms. The summed E-state index contributed by atoms with van der Waals surface area (Å²) in [5.41, 5.74) is 0.697. The monoisotopic (exact) mass is 343 g/mol. The highest BCUT2D eigenvalue weighted by atomic mass is 32.2. The van der Waals surface area contributed by atoms with Crippen molar-refractivity contribution in [1.82, 2.24) is 14.1 Å². The molecule has 9 heteroatoms. The van der Waals surface area contributed by atoms with E-state index in [0.717, 1.165) is 9.18 Å². The Labute approximate surface area is 133 Å². The molecule has 0 fully saturated rings. The number of thiophene rings is 1. The van der Waals surface area contributed by atoms with Crippen LogP contribution in [-0.4, -0.2) is 42.1 Å². The van der Waals surface area contributed by atoms with E-state index in [4.69, 9.17) is 0 Å². The van der Waals surface area contributed by atoms with Crippen molar-refractivity contribution in [2.75, 3.05) is 13.7 Å². The van der Waals surface area contributed by atoms with Gasteiger partial charge in [0, 0.05) is 30.2 Å². The third-order valence-electron chi connectivity index (χ3n) is 2.96.